The normalized spacial score (nSPS) is 10.8. The highest BCUT2D eigenvalue weighted by molar-refractivity contribution is 7.07. The number of thiophene rings is 1. The molecule has 2 aromatic rings. The molecule has 2 aromatic heterocycles. The van der Waals surface area contributed by atoms with Gasteiger partial charge in [0.15, 0.2) is 0 Å². The Morgan fingerprint density at radius 1 is 1.47 bits per heavy atom. The molecule has 0 saturated heterocycles. The number of anilines is 1. The van der Waals surface area contributed by atoms with Crippen LogP contribution in [0.5, 0.6) is 0 Å². The summed E-state index contributed by atoms with van der Waals surface area (Å²) in [7, 11) is 1.74. The maximum Gasteiger partial charge on any atom is 0.203 e. The number of hydrogen-bond acceptors (Lipinski definition) is 4. The van der Waals surface area contributed by atoms with Gasteiger partial charge in [0.25, 0.3) is 0 Å². The van der Waals surface area contributed by atoms with Crippen LogP contribution in [0.15, 0.2) is 23.0 Å². The van der Waals surface area contributed by atoms with E-state index in [9.17, 15) is 0 Å². The third-order valence-corrected chi connectivity index (χ3v) is 3.65. The number of rotatable bonds is 8. The van der Waals surface area contributed by atoms with E-state index in [-0.39, 0.29) is 0 Å². The third-order valence-electron chi connectivity index (χ3n) is 2.92. The van der Waals surface area contributed by atoms with Crippen molar-refractivity contribution in [2.24, 2.45) is 0 Å². The average Bonchev–Trinajstić information content (AvgIpc) is 3.00. The SMILES string of the molecule is COCCCn1cc(C)nc1NCCc1ccsc1. The van der Waals surface area contributed by atoms with Gasteiger partial charge in [0.05, 0.1) is 5.69 Å². The highest BCUT2D eigenvalue weighted by Gasteiger charge is 2.04. The molecule has 0 amide bonds. The second kappa shape index (κ2) is 7.31. The Labute approximate surface area is 118 Å². The molecule has 4 nitrogen and oxygen atoms in total. The van der Waals surface area contributed by atoms with Crippen LogP contribution in [0.25, 0.3) is 0 Å². The Bertz CT molecular complexity index is 479. The summed E-state index contributed by atoms with van der Waals surface area (Å²) in [5.41, 5.74) is 2.43. The van der Waals surface area contributed by atoms with Crippen LogP contribution in [0.3, 0.4) is 0 Å². The minimum Gasteiger partial charge on any atom is -0.385 e. The highest BCUT2D eigenvalue weighted by Crippen LogP contribution is 2.11. The largest absolute Gasteiger partial charge is 0.385 e. The molecule has 2 heterocycles. The molecule has 1 N–H and O–H groups in total. The van der Waals surface area contributed by atoms with Gasteiger partial charge in [-0.15, -0.1) is 0 Å². The van der Waals surface area contributed by atoms with Crippen LogP contribution in [0.2, 0.25) is 0 Å². The van der Waals surface area contributed by atoms with Crippen molar-refractivity contribution in [3.8, 4) is 0 Å². The molecule has 104 valence electrons. The van der Waals surface area contributed by atoms with E-state index in [4.69, 9.17) is 4.74 Å². The zero-order valence-corrected chi connectivity index (χ0v) is 12.4. The summed E-state index contributed by atoms with van der Waals surface area (Å²) in [6.07, 6.45) is 4.13. The van der Waals surface area contributed by atoms with Crippen molar-refractivity contribution in [1.82, 2.24) is 9.55 Å². The van der Waals surface area contributed by atoms with Crippen LogP contribution < -0.4 is 5.32 Å². The monoisotopic (exact) mass is 279 g/mol. The van der Waals surface area contributed by atoms with E-state index in [1.54, 1.807) is 18.4 Å². The Hall–Kier alpha value is -1.33. The minimum absolute atomic E-state index is 0.783. The van der Waals surface area contributed by atoms with Gasteiger partial charge in [-0.3, -0.25) is 0 Å². The van der Waals surface area contributed by atoms with Crippen molar-refractivity contribution >= 4 is 17.3 Å². The molecule has 0 bridgehead atoms. The van der Waals surface area contributed by atoms with Gasteiger partial charge in [-0.25, -0.2) is 4.98 Å². The lowest BCUT2D eigenvalue weighted by molar-refractivity contribution is 0.190. The second-order valence-electron chi connectivity index (χ2n) is 4.55. The van der Waals surface area contributed by atoms with Gasteiger partial charge >= 0.3 is 0 Å². The van der Waals surface area contributed by atoms with Crippen molar-refractivity contribution in [1.29, 1.82) is 0 Å². The first kappa shape index (κ1) is 14.1. The van der Waals surface area contributed by atoms with Crippen LogP contribution in [-0.2, 0) is 17.7 Å². The van der Waals surface area contributed by atoms with Crippen LogP contribution >= 0.6 is 11.3 Å². The Morgan fingerprint density at radius 2 is 2.37 bits per heavy atom. The van der Waals surface area contributed by atoms with E-state index in [0.717, 1.165) is 44.2 Å². The van der Waals surface area contributed by atoms with Crippen LogP contribution in [0, 0.1) is 6.92 Å². The second-order valence-corrected chi connectivity index (χ2v) is 5.33. The minimum atomic E-state index is 0.783. The van der Waals surface area contributed by atoms with Crippen molar-refractivity contribution in [2.45, 2.75) is 26.3 Å². The highest BCUT2D eigenvalue weighted by atomic mass is 32.1. The van der Waals surface area contributed by atoms with Gasteiger partial charge in [0.1, 0.15) is 0 Å². The predicted octanol–water partition coefficient (Wildman–Crippen LogP) is 2.94. The van der Waals surface area contributed by atoms with E-state index in [2.05, 4.69) is 37.9 Å². The number of nitrogens with zero attached hydrogens (tertiary/aromatic N) is 2. The van der Waals surface area contributed by atoms with Gasteiger partial charge in [0, 0.05) is 33.0 Å². The number of hydrogen-bond donors (Lipinski definition) is 1. The molecule has 0 atom stereocenters. The summed E-state index contributed by atoms with van der Waals surface area (Å²) in [4.78, 5) is 4.52. The smallest absolute Gasteiger partial charge is 0.203 e. The van der Waals surface area contributed by atoms with E-state index in [0.29, 0.717) is 0 Å². The van der Waals surface area contributed by atoms with Gasteiger partial charge in [0.2, 0.25) is 5.95 Å². The van der Waals surface area contributed by atoms with E-state index >= 15 is 0 Å². The lowest BCUT2D eigenvalue weighted by Gasteiger charge is -2.09. The first-order valence-corrected chi connectivity index (χ1v) is 7.51. The van der Waals surface area contributed by atoms with Crippen LogP contribution in [0.4, 0.5) is 5.95 Å². The molecule has 0 fully saturated rings. The molecule has 2 rings (SSSR count). The van der Waals surface area contributed by atoms with Gasteiger partial charge < -0.3 is 14.6 Å². The summed E-state index contributed by atoms with van der Waals surface area (Å²) in [6, 6.07) is 2.17. The lowest BCUT2D eigenvalue weighted by Crippen LogP contribution is -2.11. The third kappa shape index (κ3) is 4.36. The van der Waals surface area contributed by atoms with Crippen molar-refractivity contribution in [3.05, 3.63) is 34.3 Å². The number of nitrogens with one attached hydrogen (secondary N) is 1. The molecular formula is C14H21N3OS. The molecule has 5 heteroatoms. The summed E-state index contributed by atoms with van der Waals surface area (Å²) >= 11 is 1.74. The van der Waals surface area contributed by atoms with Gasteiger partial charge in [-0.05, 0) is 42.2 Å². The van der Waals surface area contributed by atoms with Crippen LogP contribution in [-0.4, -0.2) is 29.8 Å². The summed E-state index contributed by atoms with van der Waals surface area (Å²) in [6.45, 7) is 4.66. The zero-order chi connectivity index (χ0) is 13.5. The summed E-state index contributed by atoms with van der Waals surface area (Å²) < 4.78 is 7.26. The topological polar surface area (TPSA) is 39.1 Å². The first-order chi connectivity index (χ1) is 9.29. The molecule has 0 unspecified atom stereocenters. The Kier molecular flexibility index (Phi) is 5.42. The number of methoxy groups -OCH3 is 1. The molecule has 0 radical (unpaired) electrons. The average molecular weight is 279 g/mol. The zero-order valence-electron chi connectivity index (χ0n) is 11.6. The number of ether oxygens (including phenoxy) is 1. The molecule has 0 aromatic carbocycles. The Morgan fingerprint density at radius 3 is 3.11 bits per heavy atom. The quantitative estimate of drug-likeness (QED) is 0.755. The number of aryl methyl sites for hydroxylation is 2. The fourth-order valence-electron chi connectivity index (χ4n) is 1.99. The fraction of sp³-hybridized carbons (Fsp3) is 0.500. The Balaban J connectivity index is 1.84. The summed E-state index contributed by atoms with van der Waals surface area (Å²) in [5.74, 6) is 0.962. The lowest BCUT2D eigenvalue weighted by atomic mass is 10.2. The molecule has 0 spiro atoms. The van der Waals surface area contributed by atoms with E-state index < -0.39 is 0 Å². The summed E-state index contributed by atoms with van der Waals surface area (Å²) in [5, 5.41) is 7.72. The standard InChI is InChI=1S/C14H21N3OS/c1-12-10-17(7-3-8-18-2)14(16-12)15-6-4-13-5-9-19-11-13/h5,9-11H,3-4,6-8H2,1-2H3,(H,15,16). The maximum absolute atomic E-state index is 5.09. The number of aromatic nitrogens is 2. The van der Waals surface area contributed by atoms with Crippen molar-refractivity contribution < 1.29 is 4.74 Å². The maximum atomic E-state index is 5.09. The van der Waals surface area contributed by atoms with E-state index in [1.807, 2.05) is 6.92 Å². The van der Waals surface area contributed by atoms with Crippen LogP contribution in [0.1, 0.15) is 17.7 Å². The van der Waals surface area contributed by atoms with Gasteiger partial charge in [-0.1, -0.05) is 0 Å². The fourth-order valence-corrected chi connectivity index (χ4v) is 2.69. The molecular weight excluding hydrogens is 258 g/mol. The van der Waals surface area contributed by atoms with Crippen molar-refractivity contribution in [2.75, 3.05) is 25.6 Å². The molecule has 0 saturated carbocycles. The molecule has 19 heavy (non-hydrogen) atoms. The van der Waals surface area contributed by atoms with Gasteiger partial charge in [-0.2, -0.15) is 11.3 Å². The van der Waals surface area contributed by atoms with E-state index in [1.165, 1.54) is 5.56 Å². The molecule has 0 aliphatic carbocycles. The molecule has 0 aliphatic rings. The molecule has 0 aliphatic heterocycles. The number of imidazole rings is 1. The first-order valence-electron chi connectivity index (χ1n) is 6.57. The predicted molar refractivity (Wildman–Crippen MR) is 80.0 cm³/mol. The van der Waals surface area contributed by atoms with Crippen molar-refractivity contribution in [3.63, 3.8) is 0 Å².